The van der Waals surface area contributed by atoms with E-state index in [1.807, 2.05) is 18.4 Å². The van der Waals surface area contributed by atoms with E-state index in [2.05, 4.69) is 18.3 Å². The molecule has 1 unspecified atom stereocenters. The Morgan fingerprint density at radius 3 is 2.57 bits per heavy atom. The quantitative estimate of drug-likeness (QED) is 0.426. The van der Waals surface area contributed by atoms with Gasteiger partial charge in [-0.05, 0) is 13.0 Å². The van der Waals surface area contributed by atoms with E-state index < -0.39 is 0 Å². The van der Waals surface area contributed by atoms with Gasteiger partial charge in [-0.15, -0.1) is 0 Å². The van der Waals surface area contributed by atoms with Gasteiger partial charge >= 0.3 is 0 Å². The maximum atomic E-state index is 4.06. The Kier molecular flexibility index (Phi) is 1.16. The van der Waals surface area contributed by atoms with E-state index in [0.29, 0.717) is 6.04 Å². The van der Waals surface area contributed by atoms with E-state index in [4.69, 9.17) is 0 Å². The average Bonchev–Trinajstić information content (AvgIpc) is 1.69. The topological polar surface area (TPSA) is 14.1 Å². The molecule has 0 spiro atoms. The van der Waals surface area contributed by atoms with Crippen molar-refractivity contribution in [3.63, 3.8) is 0 Å². The van der Waals surface area contributed by atoms with Crippen LogP contribution in [0.3, 0.4) is 0 Å². The van der Waals surface area contributed by atoms with Crippen molar-refractivity contribution >= 4 is 0 Å². The largest absolute Gasteiger partial charge is 0.286 e. The Morgan fingerprint density at radius 1 is 1.43 bits per heavy atom. The molecule has 0 aromatic heterocycles. The van der Waals surface area contributed by atoms with Crippen molar-refractivity contribution < 1.29 is 0 Å². The van der Waals surface area contributed by atoms with E-state index >= 15 is 0 Å². The molecular formula is C6H8N. The lowest BCUT2D eigenvalue weighted by atomic mass is 10.2. The highest BCUT2D eigenvalue weighted by Crippen LogP contribution is 1.92. The van der Waals surface area contributed by atoms with Crippen LogP contribution in [0.2, 0.25) is 0 Å². The van der Waals surface area contributed by atoms with Crippen molar-refractivity contribution in [2.75, 3.05) is 0 Å². The summed E-state index contributed by atoms with van der Waals surface area (Å²) in [6.07, 6.45) is 7.82. The van der Waals surface area contributed by atoms with Gasteiger partial charge in [-0.3, -0.25) is 5.32 Å². The molecule has 1 aliphatic heterocycles. The minimum absolute atomic E-state index is 0.394. The molecule has 0 amide bonds. The molecule has 0 fully saturated rings. The van der Waals surface area contributed by atoms with Crippen LogP contribution >= 0.6 is 0 Å². The maximum absolute atomic E-state index is 4.06. The summed E-state index contributed by atoms with van der Waals surface area (Å²) in [6.45, 7) is 2.06. The van der Waals surface area contributed by atoms with Crippen LogP contribution in [-0.4, -0.2) is 6.04 Å². The summed E-state index contributed by atoms with van der Waals surface area (Å²) < 4.78 is 0. The Bertz CT molecular complexity index is 103. The molecule has 0 aromatic carbocycles. The van der Waals surface area contributed by atoms with Gasteiger partial charge in [-0.1, -0.05) is 12.2 Å². The van der Waals surface area contributed by atoms with Crippen molar-refractivity contribution in [1.82, 2.24) is 5.32 Å². The summed E-state index contributed by atoms with van der Waals surface area (Å²) in [6, 6.07) is 0.394. The molecule has 0 saturated carbocycles. The van der Waals surface area contributed by atoms with Gasteiger partial charge in [0.1, 0.15) is 0 Å². The summed E-state index contributed by atoms with van der Waals surface area (Å²) in [5.41, 5.74) is 0. The molecular weight excluding hydrogens is 86.1 g/mol. The van der Waals surface area contributed by atoms with Crippen LogP contribution in [0.4, 0.5) is 0 Å². The second kappa shape index (κ2) is 1.82. The first-order valence-electron chi connectivity index (χ1n) is 2.43. The third-order valence-corrected chi connectivity index (χ3v) is 0.908. The smallest absolute Gasteiger partial charge is 0.0654 e. The standard InChI is InChI=1S/C6H8N/c1-6-4-2-3-5-7-6/h2-6H,1H3. The molecule has 1 aliphatic rings. The number of allylic oxidation sites excluding steroid dienone is 2. The van der Waals surface area contributed by atoms with Crippen LogP contribution in [0.5, 0.6) is 0 Å². The van der Waals surface area contributed by atoms with Crippen molar-refractivity contribution in [3.05, 3.63) is 24.4 Å². The van der Waals surface area contributed by atoms with Crippen LogP contribution in [0, 0.1) is 0 Å². The maximum Gasteiger partial charge on any atom is 0.0654 e. The summed E-state index contributed by atoms with van der Waals surface area (Å²) in [4.78, 5) is 0. The Morgan fingerprint density at radius 2 is 2.29 bits per heavy atom. The molecule has 0 bridgehead atoms. The van der Waals surface area contributed by atoms with Crippen LogP contribution in [0.1, 0.15) is 6.92 Å². The number of rotatable bonds is 0. The third kappa shape index (κ3) is 1.07. The molecule has 1 heteroatoms. The SMILES string of the molecule is CC1C=CC=C[N]1. The summed E-state index contributed by atoms with van der Waals surface area (Å²) >= 11 is 0. The highest BCUT2D eigenvalue weighted by atomic mass is 14.9. The summed E-state index contributed by atoms with van der Waals surface area (Å²) in [7, 11) is 0. The average molecular weight is 94.1 g/mol. The lowest BCUT2D eigenvalue weighted by molar-refractivity contribution is 0.746. The molecule has 1 rings (SSSR count). The second-order valence-electron chi connectivity index (χ2n) is 1.62. The highest BCUT2D eigenvalue weighted by molar-refractivity contribution is 5.10. The minimum atomic E-state index is 0.394. The molecule has 0 N–H and O–H groups in total. The van der Waals surface area contributed by atoms with Gasteiger partial charge in [0.05, 0.1) is 6.04 Å². The first kappa shape index (κ1) is 4.44. The fraction of sp³-hybridized carbons (Fsp3) is 0.333. The Labute approximate surface area is 43.7 Å². The van der Waals surface area contributed by atoms with E-state index in [1.165, 1.54) is 0 Å². The van der Waals surface area contributed by atoms with Crippen LogP contribution in [0.25, 0.3) is 0 Å². The molecule has 37 valence electrons. The molecule has 1 radical (unpaired) electrons. The van der Waals surface area contributed by atoms with Crippen molar-refractivity contribution in [1.29, 1.82) is 0 Å². The van der Waals surface area contributed by atoms with Gasteiger partial charge in [-0.2, -0.15) is 0 Å². The van der Waals surface area contributed by atoms with Crippen LogP contribution in [0.15, 0.2) is 24.4 Å². The van der Waals surface area contributed by atoms with E-state index in [0.717, 1.165) is 0 Å². The number of hydrogen-bond donors (Lipinski definition) is 0. The third-order valence-electron chi connectivity index (χ3n) is 0.908. The molecule has 0 aromatic rings. The lowest BCUT2D eigenvalue weighted by Gasteiger charge is -2.03. The normalized spacial score (nSPS) is 27.3. The summed E-state index contributed by atoms with van der Waals surface area (Å²) in [5, 5.41) is 4.06. The zero-order valence-electron chi connectivity index (χ0n) is 4.33. The van der Waals surface area contributed by atoms with Crippen LogP contribution in [-0.2, 0) is 0 Å². The zero-order chi connectivity index (χ0) is 5.11. The molecule has 1 atom stereocenters. The first-order valence-corrected chi connectivity index (χ1v) is 2.43. The Hall–Kier alpha value is -0.720. The van der Waals surface area contributed by atoms with Gasteiger partial charge in [0, 0.05) is 6.20 Å². The van der Waals surface area contributed by atoms with Crippen LogP contribution < -0.4 is 5.32 Å². The van der Waals surface area contributed by atoms with Gasteiger partial charge < -0.3 is 0 Å². The molecule has 1 nitrogen and oxygen atoms in total. The highest BCUT2D eigenvalue weighted by Gasteiger charge is 1.93. The van der Waals surface area contributed by atoms with Crippen molar-refractivity contribution in [2.24, 2.45) is 0 Å². The first-order chi connectivity index (χ1) is 3.39. The predicted octanol–water partition coefficient (Wildman–Crippen LogP) is 1.06. The van der Waals surface area contributed by atoms with E-state index in [1.54, 1.807) is 0 Å². The predicted molar refractivity (Wildman–Crippen MR) is 29.9 cm³/mol. The van der Waals surface area contributed by atoms with Gasteiger partial charge in [0.25, 0.3) is 0 Å². The second-order valence-corrected chi connectivity index (χ2v) is 1.62. The monoisotopic (exact) mass is 94.1 g/mol. The molecule has 0 saturated heterocycles. The Balaban J connectivity index is 2.49. The van der Waals surface area contributed by atoms with E-state index in [9.17, 15) is 0 Å². The van der Waals surface area contributed by atoms with E-state index in [-0.39, 0.29) is 0 Å². The van der Waals surface area contributed by atoms with Gasteiger partial charge in [0.2, 0.25) is 0 Å². The van der Waals surface area contributed by atoms with Crippen molar-refractivity contribution in [2.45, 2.75) is 13.0 Å². The van der Waals surface area contributed by atoms with Gasteiger partial charge in [0.15, 0.2) is 0 Å². The fourth-order valence-electron chi connectivity index (χ4n) is 0.510. The fourth-order valence-corrected chi connectivity index (χ4v) is 0.510. The molecule has 7 heavy (non-hydrogen) atoms. The lowest BCUT2D eigenvalue weighted by Crippen LogP contribution is -2.10. The zero-order valence-corrected chi connectivity index (χ0v) is 4.33. The number of hydrogen-bond acceptors (Lipinski definition) is 0. The minimum Gasteiger partial charge on any atom is -0.286 e. The number of nitrogens with zero attached hydrogens (tertiary/aromatic N) is 1. The van der Waals surface area contributed by atoms with Crippen molar-refractivity contribution in [3.8, 4) is 0 Å². The molecule has 0 aliphatic carbocycles. The summed E-state index contributed by atoms with van der Waals surface area (Å²) in [5.74, 6) is 0. The van der Waals surface area contributed by atoms with Gasteiger partial charge in [-0.25, -0.2) is 0 Å². The molecule has 1 heterocycles.